The Labute approximate surface area is 115 Å². The zero-order chi connectivity index (χ0) is 14.0. The van der Waals surface area contributed by atoms with E-state index >= 15 is 0 Å². The van der Waals surface area contributed by atoms with Crippen molar-refractivity contribution >= 4 is 0 Å². The molecule has 0 aromatic heterocycles. The van der Waals surface area contributed by atoms with E-state index in [1.54, 1.807) is 12.1 Å². The van der Waals surface area contributed by atoms with Crippen molar-refractivity contribution in [3.8, 4) is 0 Å². The summed E-state index contributed by atoms with van der Waals surface area (Å²) in [5, 5.41) is 3.48. The third-order valence-electron chi connectivity index (χ3n) is 3.48. The van der Waals surface area contributed by atoms with Gasteiger partial charge in [0.2, 0.25) is 0 Å². The van der Waals surface area contributed by atoms with Gasteiger partial charge in [-0.15, -0.1) is 0 Å². The van der Waals surface area contributed by atoms with Gasteiger partial charge in [-0.25, -0.2) is 4.39 Å². The summed E-state index contributed by atoms with van der Waals surface area (Å²) in [5.41, 5.74) is 1.15. The highest BCUT2D eigenvalue weighted by Crippen LogP contribution is 2.31. The average molecular weight is 265 g/mol. The number of rotatable bonds is 2. The predicted molar refractivity (Wildman–Crippen MR) is 75.6 cm³/mol. The molecule has 1 aliphatic rings. The van der Waals surface area contributed by atoms with Gasteiger partial charge < -0.3 is 10.1 Å². The maximum atomic E-state index is 13.3. The van der Waals surface area contributed by atoms with E-state index in [2.05, 4.69) is 33.0 Å². The standard InChI is InChI=1S/C16H24FNO/c1-11-15(12-6-5-7-13(17)8-12)19-14(10-18-11)9-16(2,3)4/h5-8,11,14-15,18H,9-10H2,1-4H3. The number of benzene rings is 1. The second-order valence-electron chi connectivity index (χ2n) is 6.70. The first-order valence-corrected chi connectivity index (χ1v) is 6.99. The molecule has 1 aromatic rings. The van der Waals surface area contributed by atoms with Crippen LogP contribution in [-0.2, 0) is 4.74 Å². The molecule has 0 spiro atoms. The summed E-state index contributed by atoms with van der Waals surface area (Å²) in [5.74, 6) is -0.203. The SMILES string of the molecule is CC1NCC(CC(C)(C)C)OC1c1cccc(F)c1. The van der Waals surface area contributed by atoms with E-state index in [1.165, 1.54) is 6.07 Å². The van der Waals surface area contributed by atoms with E-state index < -0.39 is 0 Å². The maximum Gasteiger partial charge on any atom is 0.123 e. The molecule has 1 aliphatic heterocycles. The molecular weight excluding hydrogens is 241 g/mol. The molecule has 2 rings (SSSR count). The van der Waals surface area contributed by atoms with Gasteiger partial charge in [0.15, 0.2) is 0 Å². The Hall–Kier alpha value is -0.930. The first-order valence-electron chi connectivity index (χ1n) is 6.99. The Balaban J connectivity index is 2.10. The Morgan fingerprint density at radius 3 is 2.74 bits per heavy atom. The summed E-state index contributed by atoms with van der Waals surface area (Å²) >= 11 is 0. The molecule has 1 saturated heterocycles. The second kappa shape index (κ2) is 5.59. The Bertz CT molecular complexity index is 427. The highest BCUT2D eigenvalue weighted by molar-refractivity contribution is 5.21. The van der Waals surface area contributed by atoms with Crippen LogP contribution < -0.4 is 5.32 Å². The van der Waals surface area contributed by atoms with Gasteiger partial charge in [-0.05, 0) is 36.5 Å². The van der Waals surface area contributed by atoms with Gasteiger partial charge in [0, 0.05) is 12.6 Å². The monoisotopic (exact) mass is 265 g/mol. The van der Waals surface area contributed by atoms with E-state index in [9.17, 15) is 4.39 Å². The molecule has 106 valence electrons. The van der Waals surface area contributed by atoms with Crippen molar-refractivity contribution in [1.29, 1.82) is 0 Å². The largest absolute Gasteiger partial charge is 0.367 e. The Morgan fingerprint density at radius 1 is 1.37 bits per heavy atom. The lowest BCUT2D eigenvalue weighted by molar-refractivity contribution is -0.0756. The number of halogens is 1. The summed E-state index contributed by atoms with van der Waals surface area (Å²) in [7, 11) is 0. The van der Waals surface area contributed by atoms with Crippen LogP contribution in [-0.4, -0.2) is 18.7 Å². The van der Waals surface area contributed by atoms with Crippen molar-refractivity contribution in [3.05, 3.63) is 35.6 Å². The lowest BCUT2D eigenvalue weighted by Crippen LogP contribution is -2.47. The number of morpholine rings is 1. The smallest absolute Gasteiger partial charge is 0.123 e. The molecule has 3 atom stereocenters. The van der Waals surface area contributed by atoms with Crippen molar-refractivity contribution < 1.29 is 9.13 Å². The first kappa shape index (κ1) is 14.5. The summed E-state index contributed by atoms with van der Waals surface area (Å²) in [6, 6.07) is 6.93. The zero-order valence-electron chi connectivity index (χ0n) is 12.2. The summed E-state index contributed by atoms with van der Waals surface area (Å²) in [6.07, 6.45) is 1.11. The van der Waals surface area contributed by atoms with Crippen LogP contribution in [0.2, 0.25) is 0 Å². The van der Waals surface area contributed by atoms with E-state index in [-0.39, 0.29) is 29.5 Å². The topological polar surface area (TPSA) is 21.3 Å². The molecule has 3 heteroatoms. The van der Waals surface area contributed by atoms with Crippen LogP contribution in [0.1, 0.15) is 45.8 Å². The van der Waals surface area contributed by atoms with Crippen LogP contribution in [0.25, 0.3) is 0 Å². The maximum absolute atomic E-state index is 13.3. The van der Waals surface area contributed by atoms with E-state index in [4.69, 9.17) is 4.74 Å². The van der Waals surface area contributed by atoms with Crippen molar-refractivity contribution in [2.45, 2.75) is 52.4 Å². The van der Waals surface area contributed by atoms with E-state index in [1.807, 2.05) is 6.07 Å². The molecule has 0 amide bonds. The molecule has 2 nitrogen and oxygen atoms in total. The van der Waals surface area contributed by atoms with Crippen molar-refractivity contribution in [3.63, 3.8) is 0 Å². The molecule has 0 bridgehead atoms. The number of nitrogens with one attached hydrogen (secondary N) is 1. The van der Waals surface area contributed by atoms with Gasteiger partial charge in [0.25, 0.3) is 0 Å². The van der Waals surface area contributed by atoms with Crippen LogP contribution in [0, 0.1) is 11.2 Å². The highest BCUT2D eigenvalue weighted by atomic mass is 19.1. The highest BCUT2D eigenvalue weighted by Gasteiger charge is 2.31. The zero-order valence-corrected chi connectivity index (χ0v) is 12.2. The van der Waals surface area contributed by atoms with Gasteiger partial charge >= 0.3 is 0 Å². The summed E-state index contributed by atoms with van der Waals surface area (Å²) < 4.78 is 19.5. The van der Waals surface area contributed by atoms with Crippen molar-refractivity contribution in [2.24, 2.45) is 5.41 Å². The fourth-order valence-electron chi connectivity index (χ4n) is 2.65. The van der Waals surface area contributed by atoms with Crippen LogP contribution >= 0.6 is 0 Å². The molecule has 19 heavy (non-hydrogen) atoms. The van der Waals surface area contributed by atoms with E-state index in [0.717, 1.165) is 18.5 Å². The molecule has 0 aliphatic carbocycles. The van der Waals surface area contributed by atoms with Crippen molar-refractivity contribution in [1.82, 2.24) is 5.32 Å². The first-order chi connectivity index (χ1) is 8.85. The second-order valence-corrected chi connectivity index (χ2v) is 6.70. The number of hydrogen-bond donors (Lipinski definition) is 1. The third kappa shape index (κ3) is 4.02. The van der Waals surface area contributed by atoms with E-state index in [0.29, 0.717) is 0 Å². The van der Waals surface area contributed by atoms with Gasteiger partial charge in [0.1, 0.15) is 5.82 Å². The lowest BCUT2D eigenvalue weighted by atomic mass is 9.88. The Morgan fingerprint density at radius 2 is 2.11 bits per heavy atom. The third-order valence-corrected chi connectivity index (χ3v) is 3.48. The number of ether oxygens (including phenoxy) is 1. The Kier molecular flexibility index (Phi) is 4.26. The normalized spacial score (nSPS) is 28.4. The van der Waals surface area contributed by atoms with Gasteiger partial charge in [0.05, 0.1) is 12.2 Å². The summed E-state index contributed by atoms with van der Waals surface area (Å²) in [6.45, 7) is 9.59. The molecule has 1 N–H and O–H groups in total. The van der Waals surface area contributed by atoms with Crippen LogP contribution in [0.4, 0.5) is 4.39 Å². The van der Waals surface area contributed by atoms with Gasteiger partial charge in [-0.2, -0.15) is 0 Å². The minimum absolute atomic E-state index is 0.0724. The molecule has 1 fully saturated rings. The van der Waals surface area contributed by atoms with Gasteiger partial charge in [-0.1, -0.05) is 32.9 Å². The van der Waals surface area contributed by atoms with Crippen LogP contribution in [0.15, 0.2) is 24.3 Å². The quantitative estimate of drug-likeness (QED) is 0.880. The number of hydrogen-bond acceptors (Lipinski definition) is 2. The molecule has 1 heterocycles. The minimum Gasteiger partial charge on any atom is -0.367 e. The van der Waals surface area contributed by atoms with Crippen LogP contribution in [0.3, 0.4) is 0 Å². The molecule has 3 unspecified atom stereocenters. The molecular formula is C16H24FNO. The van der Waals surface area contributed by atoms with Crippen molar-refractivity contribution in [2.75, 3.05) is 6.54 Å². The fourth-order valence-corrected chi connectivity index (χ4v) is 2.65. The van der Waals surface area contributed by atoms with Gasteiger partial charge in [-0.3, -0.25) is 0 Å². The summed E-state index contributed by atoms with van der Waals surface area (Å²) in [4.78, 5) is 0. The average Bonchev–Trinajstić information content (AvgIpc) is 2.30. The predicted octanol–water partition coefficient (Wildman–Crippen LogP) is 3.68. The fraction of sp³-hybridized carbons (Fsp3) is 0.625. The molecule has 1 aromatic carbocycles. The minimum atomic E-state index is -0.203. The molecule has 0 radical (unpaired) electrons. The van der Waals surface area contributed by atoms with Crippen LogP contribution in [0.5, 0.6) is 0 Å². The molecule has 0 saturated carbocycles. The lowest BCUT2D eigenvalue weighted by Gasteiger charge is -2.38.